The van der Waals surface area contributed by atoms with E-state index in [0.29, 0.717) is 5.56 Å². The average molecular weight is 241 g/mol. The molecule has 6 heteroatoms. The van der Waals surface area contributed by atoms with Crippen molar-refractivity contribution in [3.05, 3.63) is 28.8 Å². The number of halogens is 1. The quantitative estimate of drug-likeness (QED) is 0.660. The summed E-state index contributed by atoms with van der Waals surface area (Å²) in [5.74, 6) is -0.270. The van der Waals surface area contributed by atoms with E-state index >= 15 is 0 Å². The third kappa shape index (κ3) is 3.23. The highest BCUT2D eigenvalue weighted by Crippen LogP contribution is 2.08. The Morgan fingerprint density at radius 1 is 1.44 bits per heavy atom. The molecular weight excluding hydrogens is 228 g/mol. The normalized spacial score (nSPS) is 10.4. The van der Waals surface area contributed by atoms with Gasteiger partial charge in [-0.15, -0.1) is 0 Å². The molecule has 0 aliphatic carbocycles. The van der Waals surface area contributed by atoms with E-state index in [-0.39, 0.29) is 22.4 Å². The molecule has 86 valence electrons. The highest BCUT2D eigenvalue weighted by Gasteiger charge is 2.17. The molecule has 1 aromatic carbocycles. The van der Waals surface area contributed by atoms with E-state index in [0.717, 1.165) is 0 Å². The second-order valence-corrected chi connectivity index (χ2v) is 4.15. The van der Waals surface area contributed by atoms with Crippen LogP contribution in [0.3, 0.4) is 0 Å². The lowest BCUT2D eigenvalue weighted by atomic mass is 9.79. The van der Waals surface area contributed by atoms with Crippen molar-refractivity contribution in [1.82, 2.24) is 5.32 Å². The molecule has 0 aliphatic heterocycles. The summed E-state index contributed by atoms with van der Waals surface area (Å²) in [6.45, 7) is 3.69. The minimum atomic E-state index is -1.68. The van der Waals surface area contributed by atoms with Crippen LogP contribution in [-0.2, 0) is 0 Å². The van der Waals surface area contributed by atoms with E-state index in [2.05, 4.69) is 5.32 Å². The standard InChI is InChI=1S/C10H13BClNO3/c1-6(2)13-10(14)7-3-4-9(12)8(5-7)11(15)16/h3-6,15-16H,1-2H3,(H,13,14). The van der Waals surface area contributed by atoms with Crippen LogP contribution in [0.25, 0.3) is 0 Å². The zero-order valence-electron chi connectivity index (χ0n) is 9.07. The van der Waals surface area contributed by atoms with Crippen molar-refractivity contribution in [1.29, 1.82) is 0 Å². The Kier molecular flexibility index (Phi) is 4.35. The predicted octanol–water partition coefficient (Wildman–Crippen LogP) is 0.158. The Morgan fingerprint density at radius 2 is 2.06 bits per heavy atom. The lowest BCUT2D eigenvalue weighted by Crippen LogP contribution is -2.34. The van der Waals surface area contributed by atoms with Gasteiger partial charge in [0.1, 0.15) is 0 Å². The molecule has 0 unspecified atom stereocenters. The number of carbonyl (C=O) groups excluding carboxylic acids is 1. The fourth-order valence-electron chi connectivity index (χ4n) is 1.23. The van der Waals surface area contributed by atoms with Crippen molar-refractivity contribution in [2.24, 2.45) is 0 Å². The predicted molar refractivity (Wildman–Crippen MR) is 63.9 cm³/mol. The van der Waals surface area contributed by atoms with Crippen LogP contribution in [0.1, 0.15) is 24.2 Å². The van der Waals surface area contributed by atoms with Crippen LogP contribution in [0, 0.1) is 0 Å². The minimum absolute atomic E-state index is 0.0191. The van der Waals surface area contributed by atoms with Crippen molar-refractivity contribution in [3.8, 4) is 0 Å². The Labute approximate surface area is 99.4 Å². The SMILES string of the molecule is CC(C)NC(=O)c1ccc(Cl)c(B(O)O)c1. The fraction of sp³-hybridized carbons (Fsp3) is 0.300. The van der Waals surface area contributed by atoms with Crippen molar-refractivity contribution in [3.63, 3.8) is 0 Å². The number of rotatable bonds is 3. The van der Waals surface area contributed by atoms with Gasteiger partial charge in [-0.2, -0.15) is 0 Å². The summed E-state index contributed by atoms with van der Waals surface area (Å²) >= 11 is 5.75. The van der Waals surface area contributed by atoms with Gasteiger partial charge in [-0.05, 0) is 32.0 Å². The average Bonchev–Trinajstić information content (AvgIpc) is 2.16. The summed E-state index contributed by atoms with van der Waals surface area (Å²) in [7, 11) is -1.68. The molecule has 0 spiro atoms. The molecule has 0 radical (unpaired) electrons. The van der Waals surface area contributed by atoms with Gasteiger partial charge in [0.25, 0.3) is 5.91 Å². The van der Waals surface area contributed by atoms with Crippen LogP contribution >= 0.6 is 11.6 Å². The Bertz CT molecular complexity index is 396. The zero-order valence-corrected chi connectivity index (χ0v) is 9.82. The zero-order chi connectivity index (χ0) is 12.3. The smallest absolute Gasteiger partial charge is 0.423 e. The van der Waals surface area contributed by atoms with Gasteiger partial charge in [0, 0.05) is 22.1 Å². The van der Waals surface area contributed by atoms with Gasteiger partial charge in [-0.25, -0.2) is 0 Å². The van der Waals surface area contributed by atoms with Crippen LogP contribution < -0.4 is 10.8 Å². The van der Waals surface area contributed by atoms with Crippen LogP contribution in [-0.4, -0.2) is 29.1 Å². The summed E-state index contributed by atoms with van der Waals surface area (Å²) in [5, 5.41) is 21.0. The van der Waals surface area contributed by atoms with E-state index in [4.69, 9.17) is 21.6 Å². The molecule has 0 saturated heterocycles. The highest BCUT2D eigenvalue weighted by molar-refractivity contribution is 6.62. The van der Waals surface area contributed by atoms with Gasteiger partial charge in [0.15, 0.2) is 0 Å². The minimum Gasteiger partial charge on any atom is -0.423 e. The van der Waals surface area contributed by atoms with Gasteiger partial charge >= 0.3 is 7.12 Å². The molecule has 0 heterocycles. The lowest BCUT2D eigenvalue weighted by molar-refractivity contribution is 0.0943. The second kappa shape index (κ2) is 5.34. The summed E-state index contributed by atoms with van der Waals surface area (Å²) in [6, 6.07) is 4.38. The Morgan fingerprint density at radius 3 is 2.56 bits per heavy atom. The van der Waals surface area contributed by atoms with Crippen LogP contribution in [0.2, 0.25) is 5.02 Å². The first-order chi connectivity index (χ1) is 7.41. The monoisotopic (exact) mass is 241 g/mol. The summed E-state index contributed by atoms with van der Waals surface area (Å²) < 4.78 is 0. The summed E-state index contributed by atoms with van der Waals surface area (Å²) in [5.41, 5.74) is 0.472. The first kappa shape index (κ1) is 13.0. The molecule has 16 heavy (non-hydrogen) atoms. The molecule has 4 nitrogen and oxygen atoms in total. The van der Waals surface area contributed by atoms with Crippen LogP contribution in [0.5, 0.6) is 0 Å². The van der Waals surface area contributed by atoms with Crippen molar-refractivity contribution >= 4 is 30.1 Å². The van der Waals surface area contributed by atoms with Crippen LogP contribution in [0.4, 0.5) is 0 Å². The van der Waals surface area contributed by atoms with Crippen LogP contribution in [0.15, 0.2) is 18.2 Å². The first-order valence-corrected chi connectivity index (χ1v) is 5.26. The number of nitrogens with one attached hydrogen (secondary N) is 1. The van der Waals surface area contributed by atoms with Crippen molar-refractivity contribution < 1.29 is 14.8 Å². The summed E-state index contributed by atoms with van der Waals surface area (Å²) in [6.07, 6.45) is 0. The molecule has 0 bridgehead atoms. The molecule has 0 aliphatic rings. The second-order valence-electron chi connectivity index (χ2n) is 3.74. The van der Waals surface area contributed by atoms with E-state index < -0.39 is 7.12 Å². The van der Waals surface area contributed by atoms with Gasteiger partial charge in [-0.3, -0.25) is 4.79 Å². The molecular formula is C10H13BClNO3. The maximum absolute atomic E-state index is 11.6. The first-order valence-electron chi connectivity index (χ1n) is 4.88. The third-order valence-electron chi connectivity index (χ3n) is 1.96. The van der Waals surface area contributed by atoms with E-state index in [1.54, 1.807) is 0 Å². The number of hydrogen-bond donors (Lipinski definition) is 3. The molecule has 1 aromatic rings. The van der Waals surface area contributed by atoms with Gasteiger partial charge < -0.3 is 15.4 Å². The maximum Gasteiger partial charge on any atom is 0.489 e. The largest absolute Gasteiger partial charge is 0.489 e. The Balaban J connectivity index is 2.98. The maximum atomic E-state index is 11.6. The lowest BCUT2D eigenvalue weighted by Gasteiger charge is -2.10. The third-order valence-corrected chi connectivity index (χ3v) is 2.30. The van der Waals surface area contributed by atoms with Crippen molar-refractivity contribution in [2.45, 2.75) is 19.9 Å². The van der Waals surface area contributed by atoms with E-state index in [1.165, 1.54) is 18.2 Å². The van der Waals surface area contributed by atoms with Crippen molar-refractivity contribution in [2.75, 3.05) is 0 Å². The molecule has 1 amide bonds. The van der Waals surface area contributed by atoms with Gasteiger partial charge in [-0.1, -0.05) is 11.6 Å². The topological polar surface area (TPSA) is 69.6 Å². The molecule has 0 fully saturated rings. The van der Waals surface area contributed by atoms with Gasteiger partial charge in [0.05, 0.1) is 0 Å². The summed E-state index contributed by atoms with van der Waals surface area (Å²) in [4.78, 5) is 11.6. The number of benzene rings is 1. The number of carbonyl (C=O) groups is 1. The highest BCUT2D eigenvalue weighted by atomic mass is 35.5. The number of hydrogen-bond acceptors (Lipinski definition) is 3. The van der Waals surface area contributed by atoms with E-state index in [1.807, 2.05) is 13.8 Å². The fourth-order valence-corrected chi connectivity index (χ4v) is 1.44. The van der Waals surface area contributed by atoms with E-state index in [9.17, 15) is 4.79 Å². The molecule has 3 N–H and O–H groups in total. The Hall–Kier alpha value is -1.04. The van der Waals surface area contributed by atoms with Gasteiger partial charge in [0.2, 0.25) is 0 Å². The molecule has 0 aromatic heterocycles. The molecule has 0 saturated carbocycles. The molecule has 1 rings (SSSR count). The molecule has 0 atom stereocenters. The number of amides is 1.